The molecule has 1 aromatic heterocycles. The molecule has 1 aliphatic rings. The highest BCUT2D eigenvalue weighted by atomic mass is 19.1. The summed E-state index contributed by atoms with van der Waals surface area (Å²) in [5.74, 6) is -0.980. The summed E-state index contributed by atoms with van der Waals surface area (Å²) in [5.41, 5.74) is 1.67. The smallest absolute Gasteiger partial charge is 0.131 e. The second-order valence-corrected chi connectivity index (χ2v) is 5.94. The highest BCUT2D eigenvalue weighted by Crippen LogP contribution is 2.33. The van der Waals surface area contributed by atoms with Gasteiger partial charge < -0.3 is 4.57 Å². The molecule has 1 aromatic carbocycles. The highest BCUT2D eigenvalue weighted by Gasteiger charge is 2.29. The molecule has 0 saturated carbocycles. The monoisotopic (exact) mass is 304 g/mol. The Hall–Kier alpha value is -1.68. The number of rotatable bonds is 4. The summed E-state index contributed by atoms with van der Waals surface area (Å²) < 4.78 is 29.9. The fraction of sp³-hybridized carbons (Fsp3) is 0.444. The molecule has 1 unspecified atom stereocenters. The van der Waals surface area contributed by atoms with Crippen molar-refractivity contribution in [2.45, 2.75) is 38.8 Å². The number of benzene rings is 1. The van der Waals surface area contributed by atoms with Crippen molar-refractivity contribution in [2.24, 2.45) is 0 Å². The Bertz CT molecular complexity index is 636. The van der Waals surface area contributed by atoms with Gasteiger partial charge in [-0.1, -0.05) is 19.4 Å². The average molecular weight is 304 g/mol. The Morgan fingerprint density at radius 3 is 2.82 bits per heavy atom. The molecule has 0 spiro atoms. The number of aryl methyl sites for hydroxylation is 1. The van der Waals surface area contributed by atoms with Gasteiger partial charge in [-0.05, 0) is 37.6 Å². The van der Waals surface area contributed by atoms with Crippen LogP contribution >= 0.6 is 0 Å². The van der Waals surface area contributed by atoms with Crippen LogP contribution in [0.5, 0.6) is 0 Å². The number of fused-ring (bicyclic) bond motifs is 1. The maximum atomic E-state index is 14.4. The Morgan fingerprint density at radius 2 is 2.05 bits per heavy atom. The second kappa shape index (κ2) is 6.61. The van der Waals surface area contributed by atoms with Crippen LogP contribution < -0.4 is 0 Å². The summed E-state index contributed by atoms with van der Waals surface area (Å²) in [6.45, 7) is 4.98. The van der Waals surface area contributed by atoms with E-state index >= 15 is 0 Å². The van der Waals surface area contributed by atoms with Crippen molar-refractivity contribution in [1.82, 2.24) is 9.47 Å². The van der Waals surface area contributed by atoms with Gasteiger partial charge in [-0.15, -0.1) is 0 Å². The van der Waals surface area contributed by atoms with Gasteiger partial charge in [-0.2, -0.15) is 0 Å². The van der Waals surface area contributed by atoms with Crippen molar-refractivity contribution in [3.8, 4) is 0 Å². The van der Waals surface area contributed by atoms with Crippen LogP contribution in [0.15, 0.2) is 36.5 Å². The molecule has 1 atom stereocenters. The van der Waals surface area contributed by atoms with E-state index in [1.165, 1.54) is 6.07 Å². The number of halogens is 2. The van der Waals surface area contributed by atoms with Crippen molar-refractivity contribution in [2.75, 3.05) is 13.1 Å². The topological polar surface area (TPSA) is 8.17 Å². The third-order valence-electron chi connectivity index (χ3n) is 4.41. The van der Waals surface area contributed by atoms with Gasteiger partial charge in [0, 0.05) is 36.6 Å². The van der Waals surface area contributed by atoms with Gasteiger partial charge in [0.2, 0.25) is 0 Å². The minimum Gasteiger partial charge on any atom is -0.350 e. The third kappa shape index (κ3) is 2.93. The van der Waals surface area contributed by atoms with E-state index in [1.54, 1.807) is 6.07 Å². The van der Waals surface area contributed by atoms with E-state index in [1.807, 2.05) is 12.3 Å². The van der Waals surface area contributed by atoms with Gasteiger partial charge in [0.15, 0.2) is 0 Å². The van der Waals surface area contributed by atoms with Gasteiger partial charge in [0.1, 0.15) is 11.6 Å². The van der Waals surface area contributed by atoms with Gasteiger partial charge in [-0.25, -0.2) is 8.78 Å². The zero-order chi connectivity index (χ0) is 15.5. The molecule has 2 heterocycles. The van der Waals surface area contributed by atoms with E-state index < -0.39 is 11.6 Å². The summed E-state index contributed by atoms with van der Waals surface area (Å²) in [7, 11) is 0. The number of hydrogen-bond acceptors (Lipinski definition) is 1. The molecule has 4 heteroatoms. The van der Waals surface area contributed by atoms with Crippen LogP contribution in [-0.4, -0.2) is 22.6 Å². The first-order valence-corrected chi connectivity index (χ1v) is 8.04. The summed E-state index contributed by atoms with van der Waals surface area (Å²) in [5, 5.41) is 0. The van der Waals surface area contributed by atoms with E-state index in [0.29, 0.717) is 5.56 Å². The van der Waals surface area contributed by atoms with Gasteiger partial charge in [0.25, 0.3) is 0 Å². The molecule has 0 bridgehead atoms. The number of nitrogens with zero attached hydrogens (tertiary/aromatic N) is 2. The molecule has 118 valence electrons. The van der Waals surface area contributed by atoms with E-state index in [9.17, 15) is 8.78 Å². The van der Waals surface area contributed by atoms with Crippen LogP contribution in [0.4, 0.5) is 8.78 Å². The van der Waals surface area contributed by atoms with Crippen LogP contribution in [0.3, 0.4) is 0 Å². The van der Waals surface area contributed by atoms with Crippen LogP contribution in [0.1, 0.15) is 43.5 Å². The first-order chi connectivity index (χ1) is 10.7. The maximum Gasteiger partial charge on any atom is 0.131 e. The number of aromatic nitrogens is 1. The predicted octanol–water partition coefficient (Wildman–Crippen LogP) is 4.36. The molecule has 22 heavy (non-hydrogen) atoms. The third-order valence-corrected chi connectivity index (χ3v) is 4.41. The Morgan fingerprint density at radius 1 is 1.18 bits per heavy atom. The molecule has 0 N–H and O–H groups in total. The summed E-state index contributed by atoms with van der Waals surface area (Å²) >= 11 is 0. The van der Waals surface area contributed by atoms with E-state index in [2.05, 4.69) is 22.5 Å². The number of hydrogen-bond donors (Lipinski definition) is 0. The Labute approximate surface area is 130 Å². The van der Waals surface area contributed by atoms with Crippen molar-refractivity contribution in [3.05, 3.63) is 59.4 Å². The van der Waals surface area contributed by atoms with Crippen LogP contribution in [-0.2, 0) is 6.54 Å². The zero-order valence-electron chi connectivity index (χ0n) is 12.9. The van der Waals surface area contributed by atoms with Crippen molar-refractivity contribution < 1.29 is 8.78 Å². The predicted molar refractivity (Wildman–Crippen MR) is 83.7 cm³/mol. The lowest BCUT2D eigenvalue weighted by atomic mass is 10.0. The zero-order valence-corrected chi connectivity index (χ0v) is 12.9. The largest absolute Gasteiger partial charge is 0.350 e. The molecule has 1 aliphatic heterocycles. The molecular formula is C18H22F2N2. The molecule has 0 fully saturated rings. The van der Waals surface area contributed by atoms with Gasteiger partial charge >= 0.3 is 0 Å². The highest BCUT2D eigenvalue weighted by molar-refractivity contribution is 5.31. The molecule has 2 nitrogen and oxygen atoms in total. The Balaban J connectivity index is 2.04. The minimum absolute atomic E-state index is 0.135. The summed E-state index contributed by atoms with van der Waals surface area (Å²) in [4.78, 5) is 2.33. The van der Waals surface area contributed by atoms with E-state index in [0.717, 1.165) is 50.7 Å². The van der Waals surface area contributed by atoms with E-state index in [4.69, 9.17) is 0 Å². The quantitative estimate of drug-likeness (QED) is 0.814. The van der Waals surface area contributed by atoms with E-state index in [-0.39, 0.29) is 6.04 Å². The lowest BCUT2D eigenvalue weighted by molar-refractivity contribution is 0.222. The first kappa shape index (κ1) is 15.2. The standard InChI is InChI=1S/C18H22F2N2/c1-2-3-9-22-12-5-11-21-10-4-6-17(21)18(22)15-8-7-14(19)13-16(15)20/h4,6-8,10,13,18H,2-3,5,9,11-12H2,1H3. The lowest BCUT2D eigenvalue weighted by Gasteiger charge is -2.30. The molecule has 3 rings (SSSR count). The molecule has 0 radical (unpaired) electrons. The average Bonchev–Trinajstić information content (AvgIpc) is 2.88. The second-order valence-electron chi connectivity index (χ2n) is 5.94. The molecule has 0 aliphatic carbocycles. The minimum atomic E-state index is -0.523. The van der Waals surface area contributed by atoms with Crippen molar-refractivity contribution >= 4 is 0 Å². The van der Waals surface area contributed by atoms with Crippen LogP contribution in [0, 0.1) is 11.6 Å². The number of unbranched alkanes of at least 4 members (excludes halogenated alkanes) is 1. The fourth-order valence-electron chi connectivity index (χ4n) is 3.32. The summed E-state index contributed by atoms with van der Waals surface area (Å²) in [6.07, 6.45) is 5.29. The fourth-order valence-corrected chi connectivity index (χ4v) is 3.32. The molecule has 0 amide bonds. The first-order valence-electron chi connectivity index (χ1n) is 8.04. The maximum absolute atomic E-state index is 14.4. The Kier molecular flexibility index (Phi) is 4.57. The molecule has 2 aromatic rings. The van der Waals surface area contributed by atoms with Gasteiger partial charge in [-0.3, -0.25) is 4.90 Å². The molecule has 0 saturated heterocycles. The summed E-state index contributed by atoms with van der Waals surface area (Å²) in [6, 6.07) is 7.87. The molecular weight excluding hydrogens is 282 g/mol. The lowest BCUT2D eigenvalue weighted by Crippen LogP contribution is -2.31. The normalized spacial score (nSPS) is 19.0. The SMILES string of the molecule is CCCCN1CCCn2cccc2C1c1ccc(F)cc1F. The van der Waals surface area contributed by atoms with Crippen molar-refractivity contribution in [3.63, 3.8) is 0 Å². The van der Waals surface area contributed by atoms with Gasteiger partial charge in [0.05, 0.1) is 6.04 Å². The van der Waals surface area contributed by atoms with Crippen LogP contribution in [0.25, 0.3) is 0 Å². The van der Waals surface area contributed by atoms with Crippen LogP contribution in [0.2, 0.25) is 0 Å². The van der Waals surface area contributed by atoms with Crippen molar-refractivity contribution in [1.29, 1.82) is 0 Å².